The molecule has 1 aromatic heterocycles. The van der Waals surface area contributed by atoms with Crippen LogP contribution in [-0.2, 0) is 11.3 Å². The smallest absolute Gasteiger partial charge is 0.225 e. The molecule has 7 nitrogen and oxygen atoms in total. The Hall–Kier alpha value is -2.10. The third kappa shape index (κ3) is 5.74. The number of benzene rings is 1. The topological polar surface area (TPSA) is 72.9 Å². The lowest BCUT2D eigenvalue weighted by atomic mass is 10.1. The molecule has 30 heavy (non-hydrogen) atoms. The molecule has 3 rings (SSSR count). The number of pyridine rings is 1. The number of fused-ring (bicyclic) bond motifs is 1. The molecular formula is C22H33IN6O. The summed E-state index contributed by atoms with van der Waals surface area (Å²) in [4.78, 5) is 25.3. The van der Waals surface area contributed by atoms with Crippen LogP contribution in [-0.4, -0.2) is 62.0 Å². The fourth-order valence-corrected chi connectivity index (χ4v) is 3.62. The summed E-state index contributed by atoms with van der Waals surface area (Å²) in [7, 11) is 5.77. The van der Waals surface area contributed by atoms with Gasteiger partial charge in [-0.1, -0.05) is 32.0 Å². The first-order valence-corrected chi connectivity index (χ1v) is 10.2. The van der Waals surface area contributed by atoms with E-state index in [0.717, 1.165) is 42.2 Å². The summed E-state index contributed by atoms with van der Waals surface area (Å²) in [6, 6.07) is 10.5. The van der Waals surface area contributed by atoms with E-state index in [1.54, 1.807) is 7.05 Å². The largest absolute Gasteiger partial charge is 0.363 e. The molecule has 1 saturated heterocycles. The van der Waals surface area contributed by atoms with Crippen molar-refractivity contribution in [2.45, 2.75) is 32.9 Å². The molecular weight excluding hydrogens is 491 g/mol. The van der Waals surface area contributed by atoms with Crippen molar-refractivity contribution >= 4 is 52.6 Å². The van der Waals surface area contributed by atoms with E-state index in [0.29, 0.717) is 6.54 Å². The summed E-state index contributed by atoms with van der Waals surface area (Å²) in [5, 5.41) is 8.03. The lowest BCUT2D eigenvalue weighted by Crippen LogP contribution is -2.45. The first kappa shape index (κ1) is 24.2. The summed E-state index contributed by atoms with van der Waals surface area (Å²) in [6.45, 7) is 6.06. The first-order valence-electron chi connectivity index (χ1n) is 10.2. The maximum atomic E-state index is 12.2. The number of hydrogen-bond donors (Lipinski definition) is 2. The molecule has 0 radical (unpaired) electrons. The highest BCUT2D eigenvalue weighted by atomic mass is 127. The molecule has 0 spiro atoms. The third-order valence-electron chi connectivity index (χ3n) is 5.25. The second-order valence-corrected chi connectivity index (χ2v) is 8.05. The molecule has 2 aromatic rings. The Labute approximate surface area is 196 Å². The van der Waals surface area contributed by atoms with Gasteiger partial charge in [-0.25, -0.2) is 4.98 Å². The average Bonchev–Trinajstić information content (AvgIpc) is 3.18. The molecule has 8 heteroatoms. The average molecular weight is 524 g/mol. The van der Waals surface area contributed by atoms with Crippen LogP contribution in [0, 0.1) is 5.92 Å². The number of guanidine groups is 1. The number of para-hydroxylation sites is 1. The standard InChI is InChI=1S/C22H32N6O.HI/c1-15(2)21(29)28-11-10-17(14-28)25-22(23-3)24-13-16-12-20(27(4)5)26-19-9-7-6-8-18(16)19;/h6-9,12,15,17H,10-11,13-14H2,1-5H3,(H2,23,24,25);1H. The van der Waals surface area contributed by atoms with Crippen molar-refractivity contribution in [2.75, 3.05) is 39.1 Å². The molecule has 1 aromatic carbocycles. The van der Waals surface area contributed by atoms with Gasteiger partial charge < -0.3 is 20.4 Å². The maximum Gasteiger partial charge on any atom is 0.225 e. The number of carbonyl (C=O) groups is 1. The van der Waals surface area contributed by atoms with Crippen LogP contribution in [0.15, 0.2) is 35.3 Å². The summed E-state index contributed by atoms with van der Waals surface area (Å²) >= 11 is 0. The molecule has 1 unspecified atom stereocenters. The third-order valence-corrected chi connectivity index (χ3v) is 5.25. The Morgan fingerprint density at radius 1 is 1.33 bits per heavy atom. The fraction of sp³-hybridized carbons (Fsp3) is 0.500. The highest BCUT2D eigenvalue weighted by Gasteiger charge is 2.27. The van der Waals surface area contributed by atoms with Crippen molar-refractivity contribution in [1.29, 1.82) is 0 Å². The number of anilines is 1. The minimum absolute atomic E-state index is 0. The van der Waals surface area contributed by atoms with Gasteiger partial charge in [0.1, 0.15) is 5.82 Å². The minimum Gasteiger partial charge on any atom is -0.363 e. The molecule has 1 aliphatic rings. The molecule has 1 fully saturated rings. The lowest BCUT2D eigenvalue weighted by molar-refractivity contribution is -0.133. The van der Waals surface area contributed by atoms with Gasteiger partial charge in [-0.2, -0.15) is 0 Å². The maximum absolute atomic E-state index is 12.2. The van der Waals surface area contributed by atoms with E-state index in [4.69, 9.17) is 4.98 Å². The highest BCUT2D eigenvalue weighted by molar-refractivity contribution is 14.0. The Morgan fingerprint density at radius 2 is 2.07 bits per heavy atom. The molecule has 0 saturated carbocycles. The van der Waals surface area contributed by atoms with Crippen LogP contribution in [0.5, 0.6) is 0 Å². The lowest BCUT2D eigenvalue weighted by Gasteiger charge is -2.21. The van der Waals surface area contributed by atoms with Crippen molar-refractivity contribution in [3.63, 3.8) is 0 Å². The molecule has 1 atom stereocenters. The second-order valence-electron chi connectivity index (χ2n) is 8.05. The van der Waals surface area contributed by atoms with Crippen LogP contribution >= 0.6 is 24.0 Å². The number of nitrogens with zero attached hydrogens (tertiary/aromatic N) is 4. The minimum atomic E-state index is 0. The van der Waals surface area contributed by atoms with E-state index in [1.165, 1.54) is 5.56 Å². The molecule has 1 amide bonds. The van der Waals surface area contributed by atoms with Crippen LogP contribution in [0.25, 0.3) is 10.9 Å². The summed E-state index contributed by atoms with van der Waals surface area (Å²) < 4.78 is 0. The van der Waals surface area contributed by atoms with E-state index < -0.39 is 0 Å². The van der Waals surface area contributed by atoms with Gasteiger partial charge in [0.2, 0.25) is 5.91 Å². The number of aliphatic imine (C=N–C) groups is 1. The van der Waals surface area contributed by atoms with Crippen molar-refractivity contribution in [2.24, 2.45) is 10.9 Å². The van der Waals surface area contributed by atoms with Crippen LogP contribution in [0.1, 0.15) is 25.8 Å². The van der Waals surface area contributed by atoms with Crippen molar-refractivity contribution in [1.82, 2.24) is 20.5 Å². The predicted molar refractivity (Wildman–Crippen MR) is 135 cm³/mol. The van der Waals surface area contributed by atoms with Gasteiger partial charge in [0, 0.05) is 58.1 Å². The Morgan fingerprint density at radius 3 is 2.73 bits per heavy atom. The molecule has 2 heterocycles. The predicted octanol–water partition coefficient (Wildman–Crippen LogP) is 2.84. The quantitative estimate of drug-likeness (QED) is 0.358. The highest BCUT2D eigenvalue weighted by Crippen LogP contribution is 2.22. The van der Waals surface area contributed by atoms with Gasteiger partial charge in [-0.15, -0.1) is 24.0 Å². The van der Waals surface area contributed by atoms with Crippen molar-refractivity contribution in [3.8, 4) is 0 Å². The fourth-order valence-electron chi connectivity index (χ4n) is 3.62. The van der Waals surface area contributed by atoms with Crippen LogP contribution in [0.3, 0.4) is 0 Å². The number of nitrogens with one attached hydrogen (secondary N) is 2. The van der Waals surface area contributed by atoms with Gasteiger partial charge in [0.05, 0.1) is 5.52 Å². The number of likely N-dealkylation sites (tertiary alicyclic amines) is 1. The first-order chi connectivity index (χ1) is 13.9. The van der Waals surface area contributed by atoms with Gasteiger partial charge in [0.25, 0.3) is 0 Å². The van der Waals surface area contributed by atoms with Gasteiger partial charge in [-0.3, -0.25) is 9.79 Å². The second kappa shape index (κ2) is 10.8. The molecule has 2 N–H and O–H groups in total. The van der Waals surface area contributed by atoms with Gasteiger partial charge >= 0.3 is 0 Å². The van der Waals surface area contributed by atoms with Crippen LogP contribution in [0.4, 0.5) is 5.82 Å². The number of amides is 1. The summed E-state index contributed by atoms with van der Waals surface area (Å²) in [5.74, 6) is 1.94. The number of halogens is 1. The zero-order chi connectivity index (χ0) is 21.0. The Balaban J connectivity index is 0.00000320. The Kier molecular flexibility index (Phi) is 8.69. The van der Waals surface area contributed by atoms with E-state index in [9.17, 15) is 4.79 Å². The van der Waals surface area contributed by atoms with Gasteiger partial charge in [0.15, 0.2) is 5.96 Å². The number of aromatic nitrogens is 1. The van der Waals surface area contributed by atoms with E-state index in [1.807, 2.05) is 55.9 Å². The van der Waals surface area contributed by atoms with E-state index in [-0.39, 0.29) is 41.8 Å². The van der Waals surface area contributed by atoms with Crippen LogP contribution < -0.4 is 15.5 Å². The number of hydrogen-bond acceptors (Lipinski definition) is 4. The monoisotopic (exact) mass is 524 g/mol. The Bertz CT molecular complexity index is 898. The van der Waals surface area contributed by atoms with Gasteiger partial charge in [-0.05, 0) is 24.1 Å². The van der Waals surface area contributed by atoms with Crippen LogP contribution in [0.2, 0.25) is 0 Å². The van der Waals surface area contributed by atoms with E-state index in [2.05, 4.69) is 27.8 Å². The molecule has 0 aliphatic carbocycles. The number of carbonyl (C=O) groups excluding carboxylic acids is 1. The van der Waals surface area contributed by atoms with Crippen molar-refractivity contribution < 1.29 is 4.79 Å². The molecule has 0 bridgehead atoms. The zero-order valence-corrected chi connectivity index (χ0v) is 20.8. The molecule has 164 valence electrons. The summed E-state index contributed by atoms with van der Waals surface area (Å²) in [5.41, 5.74) is 2.15. The number of rotatable bonds is 5. The SMILES string of the molecule is CN=C(NCc1cc(N(C)C)nc2ccccc12)NC1CCN(C(=O)C(C)C)C1.I. The van der Waals surface area contributed by atoms with Crippen molar-refractivity contribution in [3.05, 3.63) is 35.9 Å². The summed E-state index contributed by atoms with van der Waals surface area (Å²) in [6.07, 6.45) is 0.933. The normalized spacial score (nSPS) is 16.5. The molecule has 1 aliphatic heterocycles. The van der Waals surface area contributed by atoms with E-state index >= 15 is 0 Å². The zero-order valence-electron chi connectivity index (χ0n) is 18.5.